The number of piperidine rings is 1. The zero-order valence-corrected chi connectivity index (χ0v) is 22.6. The van der Waals surface area contributed by atoms with Gasteiger partial charge in [-0.3, -0.25) is 4.98 Å². The Morgan fingerprint density at radius 1 is 1.16 bits per heavy atom. The number of nitrogens with zero attached hydrogens (tertiary/aromatic N) is 2. The Kier molecular flexibility index (Phi) is 7.96. The SMILES string of the molecule is C=C(C)/C=C\C=C(/C)c1nc[nH]c1-c1ccc2ncc(-c3csc(C(=O)OCC4CCCCN4)c3)cc2c1. The molecule has 0 saturated carbocycles. The molecule has 194 valence electrons. The summed E-state index contributed by atoms with van der Waals surface area (Å²) in [6, 6.07) is 10.5. The molecule has 38 heavy (non-hydrogen) atoms. The monoisotopic (exact) mass is 524 g/mol. The van der Waals surface area contributed by atoms with Crippen LogP contribution in [0.4, 0.5) is 0 Å². The summed E-state index contributed by atoms with van der Waals surface area (Å²) in [5.74, 6) is -0.266. The second-order valence-electron chi connectivity index (χ2n) is 9.76. The minimum atomic E-state index is -0.266. The highest BCUT2D eigenvalue weighted by molar-refractivity contribution is 7.12. The zero-order chi connectivity index (χ0) is 26.5. The normalized spacial score (nSPS) is 16.3. The Morgan fingerprint density at radius 2 is 2.03 bits per heavy atom. The predicted octanol–water partition coefficient (Wildman–Crippen LogP) is 7.19. The highest BCUT2D eigenvalue weighted by atomic mass is 32.1. The lowest BCUT2D eigenvalue weighted by molar-refractivity contribution is 0.0457. The molecule has 7 heteroatoms. The van der Waals surface area contributed by atoms with E-state index in [1.54, 1.807) is 6.33 Å². The number of ether oxygens (including phenoxy) is 1. The van der Waals surface area contributed by atoms with Crippen molar-refractivity contribution < 1.29 is 9.53 Å². The fraction of sp³-hybridized carbons (Fsp3) is 0.258. The third kappa shape index (κ3) is 6.01. The molecule has 4 heterocycles. The topological polar surface area (TPSA) is 79.9 Å². The van der Waals surface area contributed by atoms with Gasteiger partial charge in [0.15, 0.2) is 0 Å². The summed E-state index contributed by atoms with van der Waals surface area (Å²) in [4.78, 5) is 25.8. The van der Waals surface area contributed by atoms with Crippen molar-refractivity contribution >= 4 is 33.8 Å². The number of hydrogen-bond acceptors (Lipinski definition) is 6. The second kappa shape index (κ2) is 11.7. The molecule has 5 rings (SSSR count). The number of pyridine rings is 1. The molecular formula is C31H32N4O2S. The van der Waals surface area contributed by atoms with Gasteiger partial charge in [0.25, 0.3) is 0 Å². The standard InChI is InChI=1S/C31H32N4O2S/c1-20(2)7-6-8-21(3)29-30(35-19-34-29)22-10-11-27-23(13-22)14-24(16-33-27)25-15-28(38-18-25)31(36)37-17-26-9-4-5-12-32-26/h6-8,10-11,13-16,18-19,26,32H,1,4-5,9,12,17H2,2-3H3,(H,34,35)/b7-6-,21-8+. The van der Waals surface area contributed by atoms with Gasteiger partial charge in [-0.2, -0.15) is 0 Å². The molecule has 0 aliphatic carbocycles. The summed E-state index contributed by atoms with van der Waals surface area (Å²) >= 11 is 1.41. The number of benzene rings is 1. The third-order valence-corrected chi connectivity index (χ3v) is 7.58. The number of aromatic nitrogens is 3. The van der Waals surface area contributed by atoms with Gasteiger partial charge in [0.05, 0.1) is 23.2 Å². The average molecular weight is 525 g/mol. The highest BCUT2D eigenvalue weighted by Crippen LogP contribution is 2.31. The van der Waals surface area contributed by atoms with Gasteiger partial charge in [0, 0.05) is 28.8 Å². The van der Waals surface area contributed by atoms with E-state index < -0.39 is 0 Å². The molecule has 1 unspecified atom stereocenters. The van der Waals surface area contributed by atoms with Crippen LogP contribution in [0.1, 0.15) is 48.5 Å². The van der Waals surface area contributed by atoms with Crippen molar-refractivity contribution in [3.8, 4) is 22.4 Å². The largest absolute Gasteiger partial charge is 0.460 e. The molecule has 1 aromatic carbocycles. The molecule has 0 bridgehead atoms. The van der Waals surface area contributed by atoms with Gasteiger partial charge >= 0.3 is 5.97 Å². The predicted molar refractivity (Wildman–Crippen MR) is 156 cm³/mol. The molecule has 1 saturated heterocycles. The number of thiophene rings is 1. The Morgan fingerprint density at radius 3 is 2.84 bits per heavy atom. The van der Waals surface area contributed by atoms with Gasteiger partial charge < -0.3 is 15.0 Å². The summed E-state index contributed by atoms with van der Waals surface area (Å²) in [5, 5.41) is 6.42. The molecule has 2 N–H and O–H groups in total. The molecule has 0 amide bonds. The van der Waals surface area contributed by atoms with Gasteiger partial charge in [0.1, 0.15) is 11.5 Å². The number of aromatic amines is 1. The third-order valence-electron chi connectivity index (χ3n) is 6.67. The lowest BCUT2D eigenvalue weighted by atomic mass is 10.0. The van der Waals surface area contributed by atoms with Crippen molar-refractivity contribution in [2.75, 3.05) is 13.2 Å². The van der Waals surface area contributed by atoms with E-state index in [-0.39, 0.29) is 12.0 Å². The number of carbonyl (C=O) groups is 1. The molecule has 4 aromatic rings. The van der Waals surface area contributed by atoms with Gasteiger partial charge in [-0.1, -0.05) is 42.9 Å². The molecule has 3 aromatic heterocycles. The van der Waals surface area contributed by atoms with Crippen LogP contribution in [-0.4, -0.2) is 40.1 Å². The lowest BCUT2D eigenvalue weighted by Gasteiger charge is -2.22. The number of nitrogens with one attached hydrogen (secondary N) is 2. The number of imidazole rings is 1. The van der Waals surface area contributed by atoms with Gasteiger partial charge in [0.2, 0.25) is 0 Å². The Labute approximate surface area is 227 Å². The fourth-order valence-corrected chi connectivity index (χ4v) is 5.41. The van der Waals surface area contributed by atoms with Gasteiger partial charge in [-0.25, -0.2) is 9.78 Å². The molecule has 1 aliphatic rings. The van der Waals surface area contributed by atoms with Crippen LogP contribution < -0.4 is 5.32 Å². The molecule has 1 atom stereocenters. The van der Waals surface area contributed by atoms with Crippen molar-refractivity contribution in [2.45, 2.75) is 39.2 Å². The molecule has 0 radical (unpaired) electrons. The molecule has 0 spiro atoms. The maximum absolute atomic E-state index is 12.6. The molecule has 1 aliphatic heterocycles. The number of esters is 1. The van der Waals surface area contributed by atoms with Crippen LogP contribution in [-0.2, 0) is 4.74 Å². The Hall–Kier alpha value is -3.81. The maximum atomic E-state index is 12.6. The number of allylic oxidation sites excluding steroid dienone is 5. The Balaban J connectivity index is 1.35. The van der Waals surface area contributed by atoms with Crippen LogP contribution in [0, 0.1) is 0 Å². The van der Waals surface area contributed by atoms with Crippen LogP contribution >= 0.6 is 11.3 Å². The van der Waals surface area contributed by atoms with E-state index in [0.29, 0.717) is 11.5 Å². The van der Waals surface area contributed by atoms with E-state index in [4.69, 9.17) is 4.74 Å². The van der Waals surface area contributed by atoms with Crippen LogP contribution in [0.5, 0.6) is 0 Å². The Bertz CT molecular complexity index is 1520. The van der Waals surface area contributed by atoms with Crippen molar-refractivity contribution in [1.29, 1.82) is 0 Å². The van der Waals surface area contributed by atoms with Gasteiger partial charge in [-0.15, -0.1) is 11.3 Å². The number of hydrogen-bond donors (Lipinski definition) is 2. The fourth-order valence-electron chi connectivity index (χ4n) is 4.60. The van der Waals surface area contributed by atoms with Crippen molar-refractivity contribution in [1.82, 2.24) is 20.3 Å². The smallest absolute Gasteiger partial charge is 0.348 e. The zero-order valence-electron chi connectivity index (χ0n) is 21.8. The summed E-state index contributed by atoms with van der Waals surface area (Å²) in [6.45, 7) is 9.33. The molecule has 1 fully saturated rings. The van der Waals surface area contributed by atoms with Gasteiger partial charge in [-0.05, 0) is 74.0 Å². The quantitative estimate of drug-likeness (QED) is 0.188. The van der Waals surface area contributed by atoms with E-state index in [9.17, 15) is 4.79 Å². The van der Waals surface area contributed by atoms with Crippen molar-refractivity contribution in [3.63, 3.8) is 0 Å². The minimum Gasteiger partial charge on any atom is -0.460 e. The van der Waals surface area contributed by atoms with Crippen LogP contribution in [0.25, 0.3) is 38.9 Å². The van der Waals surface area contributed by atoms with Crippen molar-refractivity contribution in [3.05, 3.63) is 89.2 Å². The summed E-state index contributed by atoms with van der Waals surface area (Å²) in [7, 11) is 0. The highest BCUT2D eigenvalue weighted by Gasteiger charge is 2.17. The number of rotatable bonds is 8. The van der Waals surface area contributed by atoms with E-state index in [0.717, 1.165) is 63.1 Å². The summed E-state index contributed by atoms with van der Waals surface area (Å²) < 4.78 is 5.58. The summed E-state index contributed by atoms with van der Waals surface area (Å²) in [6.07, 6.45) is 13.0. The first-order valence-electron chi connectivity index (χ1n) is 12.9. The number of H-pyrrole nitrogens is 1. The second-order valence-corrected chi connectivity index (χ2v) is 10.7. The lowest BCUT2D eigenvalue weighted by Crippen LogP contribution is -2.38. The molecular weight excluding hydrogens is 492 g/mol. The van der Waals surface area contributed by atoms with Crippen LogP contribution in [0.3, 0.4) is 0 Å². The average Bonchev–Trinajstić information content (AvgIpc) is 3.62. The molecule has 6 nitrogen and oxygen atoms in total. The summed E-state index contributed by atoms with van der Waals surface area (Å²) in [5.41, 5.74) is 7.79. The number of carbonyl (C=O) groups excluding carboxylic acids is 1. The van der Waals surface area contributed by atoms with Crippen molar-refractivity contribution in [2.24, 2.45) is 0 Å². The van der Waals surface area contributed by atoms with E-state index in [1.807, 2.05) is 55.8 Å². The van der Waals surface area contributed by atoms with Crippen LogP contribution in [0.15, 0.2) is 78.6 Å². The van der Waals surface area contributed by atoms with E-state index in [1.165, 1.54) is 24.2 Å². The first kappa shape index (κ1) is 25.8. The minimum absolute atomic E-state index is 0.258. The first-order valence-corrected chi connectivity index (χ1v) is 13.8. The van der Waals surface area contributed by atoms with E-state index in [2.05, 4.69) is 45.0 Å². The first-order chi connectivity index (χ1) is 18.5. The van der Waals surface area contributed by atoms with Crippen LogP contribution in [0.2, 0.25) is 0 Å². The maximum Gasteiger partial charge on any atom is 0.348 e. The van der Waals surface area contributed by atoms with E-state index >= 15 is 0 Å². The number of fused-ring (bicyclic) bond motifs is 1.